The number of carbonyl (C=O) groups excluding carboxylic acids is 4. The van der Waals surface area contributed by atoms with Gasteiger partial charge in [0.1, 0.15) is 0 Å². The Hall–Kier alpha value is -1.92. The highest BCUT2D eigenvalue weighted by Crippen LogP contribution is 2.12. The molecule has 20 heteroatoms. The van der Waals surface area contributed by atoms with Gasteiger partial charge in [-0.25, -0.2) is 4.79 Å². The molecule has 1 fully saturated rings. The Bertz CT molecular complexity index is 892. The molecule has 310 valence electrons. The minimum absolute atomic E-state index is 0.0560. The first-order chi connectivity index (χ1) is 26.0. The highest BCUT2D eigenvalue weighted by Gasteiger charge is 2.32. The van der Waals surface area contributed by atoms with Crippen LogP contribution >= 0.6 is 15.9 Å². The van der Waals surface area contributed by atoms with Gasteiger partial charge in [0, 0.05) is 19.4 Å². The maximum absolute atomic E-state index is 11.7. The topological polar surface area (TPSA) is 204 Å². The van der Waals surface area contributed by atoms with Gasteiger partial charge in [-0.3, -0.25) is 14.4 Å². The molecule has 0 bridgehead atoms. The molecule has 0 aromatic rings. The van der Waals surface area contributed by atoms with E-state index in [0.29, 0.717) is 157 Å². The number of hydroxylamine groups is 2. The van der Waals surface area contributed by atoms with Crippen LogP contribution in [0.5, 0.6) is 0 Å². The molecule has 0 aromatic carbocycles. The number of hydrogen-bond acceptors (Lipinski definition) is 17. The van der Waals surface area contributed by atoms with E-state index in [1.54, 1.807) is 0 Å². The molecule has 1 aliphatic heterocycles. The van der Waals surface area contributed by atoms with Crippen LogP contribution in [0.3, 0.4) is 0 Å². The van der Waals surface area contributed by atoms with Gasteiger partial charge in [-0.1, -0.05) is 15.9 Å². The molecular weight excluding hydrogens is 776 g/mol. The first-order valence-corrected chi connectivity index (χ1v) is 19.0. The van der Waals surface area contributed by atoms with Gasteiger partial charge in [0.05, 0.1) is 170 Å². The summed E-state index contributed by atoms with van der Waals surface area (Å²) in [4.78, 5) is 50.2. The Morgan fingerprint density at radius 3 is 1.00 bits per heavy atom. The third-order valence-electron chi connectivity index (χ3n) is 6.43. The predicted octanol–water partition coefficient (Wildman–Crippen LogP) is -0.306. The van der Waals surface area contributed by atoms with E-state index in [1.165, 1.54) is 0 Å². The van der Waals surface area contributed by atoms with Crippen LogP contribution in [0.15, 0.2) is 0 Å². The zero-order valence-electron chi connectivity index (χ0n) is 30.8. The van der Waals surface area contributed by atoms with Crippen molar-refractivity contribution in [2.24, 2.45) is 0 Å². The number of rotatable bonds is 41. The smallest absolute Gasteiger partial charge is 0.335 e. The average molecular weight is 836 g/mol. The Kier molecular flexibility index (Phi) is 35.5. The second-order valence-corrected chi connectivity index (χ2v) is 11.2. The standard InChI is InChI=1S/C33H59BrN2O17/c34-29-30(37)35-4-6-42-8-10-44-12-14-46-16-18-48-20-22-50-24-26-52-28-27-51-25-23-49-21-19-47-17-15-45-13-11-43-9-7-41-5-3-33(40)53-36-31(38)1-2-32(36)39/h1-29H2,(H,35,37). The molecule has 1 rings (SSSR count). The summed E-state index contributed by atoms with van der Waals surface area (Å²) in [7, 11) is 0. The second-order valence-electron chi connectivity index (χ2n) is 10.6. The molecule has 0 unspecified atom stereocenters. The molecular formula is C33H59BrN2O17. The van der Waals surface area contributed by atoms with E-state index in [2.05, 4.69) is 21.2 Å². The van der Waals surface area contributed by atoms with Crippen molar-refractivity contribution in [3.05, 3.63) is 0 Å². The van der Waals surface area contributed by atoms with Crippen LogP contribution in [0, 0.1) is 0 Å². The van der Waals surface area contributed by atoms with Crippen LogP contribution in [0.4, 0.5) is 0 Å². The Morgan fingerprint density at radius 1 is 0.453 bits per heavy atom. The van der Waals surface area contributed by atoms with Gasteiger partial charge in [0.2, 0.25) is 5.91 Å². The van der Waals surface area contributed by atoms with Crippen molar-refractivity contribution in [1.29, 1.82) is 0 Å². The summed E-state index contributed by atoms with van der Waals surface area (Å²) >= 11 is 3.07. The monoisotopic (exact) mass is 834 g/mol. The van der Waals surface area contributed by atoms with Gasteiger partial charge >= 0.3 is 5.97 Å². The molecule has 19 nitrogen and oxygen atoms in total. The highest BCUT2D eigenvalue weighted by atomic mass is 79.9. The van der Waals surface area contributed by atoms with Crippen LogP contribution in [0.1, 0.15) is 19.3 Å². The van der Waals surface area contributed by atoms with Gasteiger partial charge in [-0.15, -0.1) is 5.06 Å². The SMILES string of the molecule is O=C(CBr)NCCOCCOCCOCCOCCOCCOCCOCCOCCOCCOCCOCCOCCC(=O)ON1C(=O)CCC1=O. The molecule has 1 saturated heterocycles. The van der Waals surface area contributed by atoms with Crippen molar-refractivity contribution in [2.75, 3.05) is 170 Å². The lowest BCUT2D eigenvalue weighted by molar-refractivity contribution is -0.198. The Labute approximate surface area is 320 Å². The van der Waals surface area contributed by atoms with E-state index in [1.807, 2.05) is 0 Å². The third-order valence-corrected chi connectivity index (χ3v) is 6.94. The largest absolute Gasteiger partial charge is 0.378 e. The first kappa shape index (κ1) is 49.1. The zero-order chi connectivity index (χ0) is 38.3. The van der Waals surface area contributed by atoms with Crippen LogP contribution in [0.25, 0.3) is 0 Å². The molecule has 0 atom stereocenters. The lowest BCUT2D eigenvalue weighted by Gasteiger charge is -2.12. The molecule has 0 spiro atoms. The number of halogens is 1. The molecule has 1 N–H and O–H groups in total. The Morgan fingerprint density at radius 2 is 0.717 bits per heavy atom. The number of ether oxygens (including phenoxy) is 12. The Balaban J connectivity index is 1.64. The predicted molar refractivity (Wildman–Crippen MR) is 188 cm³/mol. The van der Waals surface area contributed by atoms with Gasteiger partial charge in [0.15, 0.2) is 0 Å². The van der Waals surface area contributed by atoms with Gasteiger partial charge in [0.25, 0.3) is 11.8 Å². The van der Waals surface area contributed by atoms with Crippen molar-refractivity contribution < 1.29 is 80.9 Å². The summed E-state index contributed by atoms with van der Waals surface area (Å²) in [6.45, 7) is 10.8. The molecule has 53 heavy (non-hydrogen) atoms. The molecule has 0 radical (unpaired) electrons. The summed E-state index contributed by atoms with van der Waals surface area (Å²) in [6.07, 6.45) is 0.0344. The molecule has 3 amide bonds. The maximum Gasteiger partial charge on any atom is 0.335 e. The number of nitrogens with one attached hydrogen (secondary N) is 1. The van der Waals surface area contributed by atoms with E-state index in [4.69, 9.17) is 61.7 Å². The molecule has 0 saturated carbocycles. The highest BCUT2D eigenvalue weighted by molar-refractivity contribution is 9.09. The maximum atomic E-state index is 11.7. The number of nitrogens with zero attached hydrogens (tertiary/aromatic N) is 1. The summed E-state index contributed by atoms with van der Waals surface area (Å²) < 4.78 is 65.0. The van der Waals surface area contributed by atoms with E-state index in [-0.39, 0.29) is 43.7 Å². The van der Waals surface area contributed by atoms with Gasteiger partial charge in [-0.05, 0) is 0 Å². The lowest BCUT2D eigenvalue weighted by atomic mass is 10.4. The number of hydrogen-bond donors (Lipinski definition) is 1. The third kappa shape index (κ3) is 33.2. The van der Waals surface area contributed by atoms with E-state index >= 15 is 0 Å². The number of amides is 3. The molecule has 0 aliphatic carbocycles. The fourth-order valence-corrected chi connectivity index (χ4v) is 3.99. The van der Waals surface area contributed by atoms with E-state index in [0.717, 1.165) is 0 Å². The van der Waals surface area contributed by atoms with Gasteiger partial charge < -0.3 is 67.0 Å². The van der Waals surface area contributed by atoms with Crippen molar-refractivity contribution in [3.63, 3.8) is 0 Å². The molecule has 1 heterocycles. The lowest BCUT2D eigenvalue weighted by Crippen LogP contribution is -2.32. The fourth-order valence-electron chi connectivity index (χ4n) is 3.79. The summed E-state index contributed by atoms with van der Waals surface area (Å²) in [5.41, 5.74) is 0. The van der Waals surface area contributed by atoms with Crippen LogP contribution in [-0.4, -0.2) is 199 Å². The van der Waals surface area contributed by atoms with Crippen molar-refractivity contribution in [3.8, 4) is 0 Å². The number of alkyl halides is 1. The molecule has 0 aromatic heterocycles. The average Bonchev–Trinajstić information content (AvgIpc) is 3.47. The molecule has 1 aliphatic rings. The second kappa shape index (κ2) is 38.4. The van der Waals surface area contributed by atoms with Crippen molar-refractivity contribution >= 4 is 39.6 Å². The van der Waals surface area contributed by atoms with Gasteiger partial charge in [-0.2, -0.15) is 0 Å². The first-order valence-electron chi connectivity index (χ1n) is 17.9. The zero-order valence-corrected chi connectivity index (χ0v) is 32.4. The van der Waals surface area contributed by atoms with E-state index in [9.17, 15) is 19.2 Å². The minimum Gasteiger partial charge on any atom is -0.378 e. The quantitative estimate of drug-likeness (QED) is 0.0477. The van der Waals surface area contributed by atoms with Crippen LogP contribution < -0.4 is 5.32 Å². The summed E-state index contributed by atoms with van der Waals surface area (Å²) in [5.74, 6) is -1.79. The number of carbonyl (C=O) groups is 4. The minimum atomic E-state index is -0.702. The van der Waals surface area contributed by atoms with Crippen molar-refractivity contribution in [1.82, 2.24) is 10.4 Å². The summed E-state index contributed by atoms with van der Waals surface area (Å²) in [5, 5.41) is 3.50. The van der Waals surface area contributed by atoms with Crippen LogP contribution in [0.2, 0.25) is 0 Å². The normalized spacial score (nSPS) is 13.0. The summed E-state index contributed by atoms with van der Waals surface area (Å²) in [6, 6.07) is 0. The number of imide groups is 1. The fraction of sp³-hybridized carbons (Fsp3) is 0.879. The van der Waals surface area contributed by atoms with Crippen molar-refractivity contribution in [2.45, 2.75) is 19.3 Å². The van der Waals surface area contributed by atoms with E-state index < -0.39 is 17.8 Å². The van der Waals surface area contributed by atoms with Crippen LogP contribution in [-0.2, 0) is 80.9 Å².